The molecule has 2 unspecified atom stereocenters. The van der Waals surface area contributed by atoms with Gasteiger partial charge in [0.2, 0.25) is 11.9 Å². The Labute approximate surface area is 164 Å². The summed E-state index contributed by atoms with van der Waals surface area (Å²) in [5.41, 5.74) is 0.717. The molecule has 2 aromatic carbocycles. The van der Waals surface area contributed by atoms with Gasteiger partial charge in [-0.25, -0.2) is 9.59 Å². The number of rotatable bonds is 3. The van der Waals surface area contributed by atoms with Crippen LogP contribution < -0.4 is 15.1 Å². The summed E-state index contributed by atoms with van der Waals surface area (Å²) in [7, 11) is 0. The van der Waals surface area contributed by atoms with Crippen molar-refractivity contribution < 1.29 is 33.6 Å². The van der Waals surface area contributed by atoms with Gasteiger partial charge < -0.3 is 28.8 Å². The van der Waals surface area contributed by atoms with Crippen LogP contribution in [0.15, 0.2) is 45.6 Å². The lowest BCUT2D eigenvalue weighted by atomic mass is 10.0. The van der Waals surface area contributed by atoms with Crippen LogP contribution in [0, 0.1) is 6.92 Å². The Kier molecular flexibility index (Phi) is 4.54. The number of ether oxygens (including phenoxy) is 3. The summed E-state index contributed by atoms with van der Waals surface area (Å²) in [6, 6.07) is 8.82. The molecule has 1 aromatic heterocycles. The van der Waals surface area contributed by atoms with E-state index < -0.39 is 23.8 Å². The number of esters is 1. The highest BCUT2D eigenvalue weighted by Gasteiger charge is 2.41. The van der Waals surface area contributed by atoms with Crippen molar-refractivity contribution in [2.75, 3.05) is 6.61 Å². The maximum Gasteiger partial charge on any atom is 0.351 e. The molecule has 150 valence electrons. The van der Waals surface area contributed by atoms with Gasteiger partial charge in [0, 0.05) is 17.0 Å². The van der Waals surface area contributed by atoms with Crippen LogP contribution in [0.1, 0.15) is 24.2 Å². The number of aromatic hydroxyl groups is 2. The molecule has 0 bridgehead atoms. The third-order valence-corrected chi connectivity index (χ3v) is 4.66. The molecule has 0 radical (unpaired) electrons. The fourth-order valence-corrected chi connectivity index (χ4v) is 3.29. The number of carbonyl (C=O) groups excluding carboxylic acids is 1. The second-order valence-electron chi connectivity index (χ2n) is 6.60. The first-order valence-corrected chi connectivity index (χ1v) is 8.98. The number of hydrogen-bond acceptors (Lipinski definition) is 8. The molecule has 8 heteroatoms. The Morgan fingerprint density at radius 2 is 1.90 bits per heavy atom. The van der Waals surface area contributed by atoms with E-state index in [1.54, 1.807) is 26.0 Å². The van der Waals surface area contributed by atoms with Crippen molar-refractivity contribution in [1.29, 1.82) is 0 Å². The Morgan fingerprint density at radius 3 is 2.62 bits per heavy atom. The largest absolute Gasteiger partial charge is 0.504 e. The number of benzene rings is 2. The molecule has 0 saturated carbocycles. The summed E-state index contributed by atoms with van der Waals surface area (Å²) in [5, 5.41) is 20.1. The van der Waals surface area contributed by atoms with Crippen molar-refractivity contribution in [2.24, 2.45) is 0 Å². The Morgan fingerprint density at radius 1 is 1.10 bits per heavy atom. The molecule has 0 spiro atoms. The number of carbonyl (C=O) groups is 1. The molecule has 1 aliphatic heterocycles. The molecule has 4 rings (SSSR count). The second-order valence-corrected chi connectivity index (χ2v) is 6.60. The monoisotopic (exact) mass is 398 g/mol. The molecular formula is C21H18O8. The zero-order valence-corrected chi connectivity index (χ0v) is 15.7. The minimum absolute atomic E-state index is 0.126. The van der Waals surface area contributed by atoms with E-state index in [4.69, 9.17) is 18.6 Å². The fraction of sp³-hybridized carbons (Fsp3) is 0.238. The molecule has 0 aliphatic carbocycles. The van der Waals surface area contributed by atoms with Crippen LogP contribution in [-0.4, -0.2) is 28.9 Å². The van der Waals surface area contributed by atoms with Gasteiger partial charge in [-0.2, -0.15) is 0 Å². The van der Waals surface area contributed by atoms with E-state index >= 15 is 0 Å². The molecule has 29 heavy (non-hydrogen) atoms. The summed E-state index contributed by atoms with van der Waals surface area (Å²) >= 11 is 0. The Hall–Kier alpha value is -3.68. The summed E-state index contributed by atoms with van der Waals surface area (Å²) in [4.78, 5) is 24.4. The van der Waals surface area contributed by atoms with Crippen molar-refractivity contribution in [2.45, 2.75) is 26.1 Å². The number of aryl methyl sites for hydroxylation is 1. The average Bonchev–Trinajstić information content (AvgIpc) is 2.69. The quantitative estimate of drug-likeness (QED) is 0.393. The molecular weight excluding hydrogens is 380 g/mol. The van der Waals surface area contributed by atoms with E-state index in [0.717, 1.165) is 0 Å². The fourth-order valence-electron chi connectivity index (χ4n) is 3.29. The van der Waals surface area contributed by atoms with Crippen molar-refractivity contribution in [1.82, 2.24) is 0 Å². The SMILES string of the molecule is CCOC(=O)C1Oc2c(ccc3c(C)cc(=O)oc23)OC1c1ccc(O)c(O)c1. The van der Waals surface area contributed by atoms with Crippen LogP contribution in [0.3, 0.4) is 0 Å². The number of phenolic OH excluding ortho intramolecular Hbond substituents is 2. The van der Waals surface area contributed by atoms with E-state index in [9.17, 15) is 19.8 Å². The lowest BCUT2D eigenvalue weighted by Crippen LogP contribution is -2.40. The lowest BCUT2D eigenvalue weighted by molar-refractivity contribution is -0.158. The first-order chi connectivity index (χ1) is 13.9. The molecule has 2 atom stereocenters. The topological polar surface area (TPSA) is 115 Å². The van der Waals surface area contributed by atoms with Gasteiger partial charge in [0.15, 0.2) is 28.9 Å². The van der Waals surface area contributed by atoms with Crippen LogP contribution in [0.5, 0.6) is 23.0 Å². The average molecular weight is 398 g/mol. The van der Waals surface area contributed by atoms with Crippen molar-refractivity contribution in [3.8, 4) is 23.0 Å². The number of fused-ring (bicyclic) bond motifs is 3. The smallest absolute Gasteiger partial charge is 0.351 e. The predicted molar refractivity (Wildman–Crippen MR) is 101 cm³/mol. The molecule has 3 aromatic rings. The molecule has 0 saturated heterocycles. The second kappa shape index (κ2) is 7.05. The predicted octanol–water partition coefficient (Wildman–Crippen LogP) is 2.96. The molecule has 2 N–H and O–H groups in total. The van der Waals surface area contributed by atoms with E-state index in [2.05, 4.69) is 0 Å². The van der Waals surface area contributed by atoms with Crippen LogP contribution in [0.4, 0.5) is 0 Å². The number of hydrogen-bond donors (Lipinski definition) is 2. The van der Waals surface area contributed by atoms with Gasteiger partial charge in [-0.15, -0.1) is 0 Å². The lowest BCUT2D eigenvalue weighted by Gasteiger charge is -2.33. The standard InChI is InChI=1S/C21H18O8/c1-3-26-21(25)20-17(11-4-6-13(22)14(23)9-11)27-15-7-5-12-10(2)8-16(24)28-18(12)19(15)29-20/h4-9,17,20,22-23H,3H2,1-2H3. The first kappa shape index (κ1) is 18.7. The summed E-state index contributed by atoms with van der Waals surface area (Å²) < 4.78 is 22.4. The zero-order chi connectivity index (χ0) is 20.7. The van der Waals surface area contributed by atoms with E-state index in [0.29, 0.717) is 16.5 Å². The van der Waals surface area contributed by atoms with E-state index in [-0.39, 0.29) is 35.2 Å². The summed E-state index contributed by atoms with van der Waals surface area (Å²) in [5.74, 6) is -0.950. The molecule has 0 amide bonds. The maximum atomic E-state index is 12.6. The van der Waals surface area contributed by atoms with Gasteiger partial charge >= 0.3 is 11.6 Å². The molecule has 8 nitrogen and oxygen atoms in total. The van der Waals surface area contributed by atoms with E-state index in [1.807, 2.05) is 0 Å². The number of phenols is 2. The highest BCUT2D eigenvalue weighted by Crippen LogP contribution is 2.45. The van der Waals surface area contributed by atoms with Crippen LogP contribution in [-0.2, 0) is 9.53 Å². The van der Waals surface area contributed by atoms with Crippen molar-refractivity contribution >= 4 is 16.9 Å². The molecule has 0 fully saturated rings. The highest BCUT2D eigenvalue weighted by molar-refractivity contribution is 5.89. The van der Waals surface area contributed by atoms with Gasteiger partial charge in [0.05, 0.1) is 6.61 Å². The third-order valence-electron chi connectivity index (χ3n) is 4.66. The summed E-state index contributed by atoms with van der Waals surface area (Å²) in [6.07, 6.45) is -2.18. The molecule has 2 heterocycles. The summed E-state index contributed by atoms with van der Waals surface area (Å²) in [6.45, 7) is 3.55. The van der Waals surface area contributed by atoms with Gasteiger partial charge in [0.1, 0.15) is 0 Å². The molecule has 1 aliphatic rings. The van der Waals surface area contributed by atoms with Gasteiger partial charge in [0.25, 0.3) is 0 Å². The van der Waals surface area contributed by atoms with Crippen molar-refractivity contribution in [3.63, 3.8) is 0 Å². The Balaban J connectivity index is 1.86. The van der Waals surface area contributed by atoms with Crippen LogP contribution in [0.25, 0.3) is 11.0 Å². The zero-order valence-electron chi connectivity index (χ0n) is 15.7. The highest BCUT2D eigenvalue weighted by atomic mass is 16.6. The maximum absolute atomic E-state index is 12.6. The minimum atomic E-state index is -1.22. The van der Waals surface area contributed by atoms with Gasteiger partial charge in [-0.3, -0.25) is 0 Å². The Bertz CT molecular complexity index is 1160. The van der Waals surface area contributed by atoms with Crippen LogP contribution in [0.2, 0.25) is 0 Å². The van der Waals surface area contributed by atoms with Gasteiger partial charge in [-0.1, -0.05) is 6.07 Å². The van der Waals surface area contributed by atoms with Crippen molar-refractivity contribution in [3.05, 3.63) is 57.9 Å². The van der Waals surface area contributed by atoms with Gasteiger partial charge in [-0.05, 0) is 43.7 Å². The normalized spacial score (nSPS) is 17.9. The van der Waals surface area contributed by atoms with E-state index in [1.165, 1.54) is 24.3 Å². The third kappa shape index (κ3) is 3.22. The van der Waals surface area contributed by atoms with Crippen LogP contribution >= 0.6 is 0 Å². The first-order valence-electron chi connectivity index (χ1n) is 8.98. The minimum Gasteiger partial charge on any atom is -0.504 e.